The Balaban J connectivity index is 1.58. The summed E-state index contributed by atoms with van der Waals surface area (Å²) < 4.78 is 5.11. The minimum atomic E-state index is 0.668. The Morgan fingerprint density at radius 1 is 1.00 bits per heavy atom. The van der Waals surface area contributed by atoms with Crippen molar-refractivity contribution in [3.63, 3.8) is 0 Å². The molecule has 23 heavy (non-hydrogen) atoms. The lowest BCUT2D eigenvalue weighted by atomic mass is 10.2. The zero-order chi connectivity index (χ0) is 16.1. The minimum Gasteiger partial charge on any atom is -0.481 e. The third-order valence-electron chi connectivity index (χ3n) is 4.22. The van der Waals surface area contributed by atoms with E-state index in [0.717, 1.165) is 45.0 Å². The summed E-state index contributed by atoms with van der Waals surface area (Å²) in [4.78, 5) is 13.7. The number of pyridine rings is 2. The number of hydrogen-bond donors (Lipinski definition) is 0. The lowest BCUT2D eigenvalue weighted by Gasteiger charge is -2.22. The molecule has 2 aromatic rings. The van der Waals surface area contributed by atoms with Crippen LogP contribution in [-0.2, 0) is 6.54 Å². The number of anilines is 1. The smallest absolute Gasteiger partial charge is 0.212 e. The average molecular weight is 312 g/mol. The average Bonchev–Trinajstić information content (AvgIpc) is 2.82. The Labute approximate surface area is 137 Å². The molecule has 122 valence electrons. The van der Waals surface area contributed by atoms with E-state index in [1.165, 1.54) is 11.1 Å². The van der Waals surface area contributed by atoms with Crippen molar-refractivity contribution in [2.45, 2.75) is 19.9 Å². The van der Waals surface area contributed by atoms with Crippen LogP contribution < -0.4 is 9.64 Å². The van der Waals surface area contributed by atoms with Crippen LogP contribution >= 0.6 is 0 Å². The first-order valence-electron chi connectivity index (χ1n) is 8.13. The van der Waals surface area contributed by atoms with Crippen LogP contribution in [-0.4, -0.2) is 48.2 Å². The predicted octanol–water partition coefficient (Wildman–Crippen LogP) is 2.51. The summed E-state index contributed by atoms with van der Waals surface area (Å²) in [6, 6.07) is 8.28. The second-order valence-corrected chi connectivity index (χ2v) is 6.02. The fraction of sp³-hybridized carbons (Fsp3) is 0.444. The molecule has 1 aliphatic heterocycles. The largest absolute Gasteiger partial charge is 0.481 e. The lowest BCUT2D eigenvalue weighted by Crippen LogP contribution is -2.30. The lowest BCUT2D eigenvalue weighted by molar-refractivity contribution is 0.285. The maximum Gasteiger partial charge on any atom is 0.212 e. The summed E-state index contributed by atoms with van der Waals surface area (Å²) in [6.45, 7) is 7.24. The van der Waals surface area contributed by atoms with Gasteiger partial charge in [-0.25, -0.2) is 9.97 Å². The second kappa shape index (κ2) is 7.42. The number of ether oxygens (including phenoxy) is 1. The zero-order valence-corrected chi connectivity index (χ0v) is 13.9. The number of aryl methyl sites for hydroxylation is 1. The molecule has 0 saturated carbocycles. The summed E-state index contributed by atoms with van der Waals surface area (Å²) in [6.07, 6.45) is 5.00. The van der Waals surface area contributed by atoms with Gasteiger partial charge >= 0.3 is 0 Å². The van der Waals surface area contributed by atoms with Crippen LogP contribution in [0.2, 0.25) is 0 Å². The van der Waals surface area contributed by atoms with Crippen LogP contribution in [0.4, 0.5) is 5.82 Å². The van der Waals surface area contributed by atoms with Gasteiger partial charge in [-0.05, 0) is 30.5 Å². The molecule has 1 aliphatic rings. The molecule has 0 amide bonds. The summed E-state index contributed by atoms with van der Waals surface area (Å²) in [5.41, 5.74) is 2.44. The predicted molar refractivity (Wildman–Crippen MR) is 91.9 cm³/mol. The first-order valence-corrected chi connectivity index (χ1v) is 8.13. The molecule has 0 radical (unpaired) electrons. The Kier molecular flexibility index (Phi) is 5.08. The van der Waals surface area contributed by atoms with Crippen molar-refractivity contribution in [2.24, 2.45) is 0 Å². The molecule has 5 nitrogen and oxygen atoms in total. The molecule has 0 N–H and O–H groups in total. The van der Waals surface area contributed by atoms with E-state index >= 15 is 0 Å². The van der Waals surface area contributed by atoms with Crippen molar-refractivity contribution >= 4 is 5.82 Å². The Morgan fingerprint density at radius 3 is 2.61 bits per heavy atom. The molecular formula is C18H24N4O. The molecule has 0 bridgehead atoms. The Morgan fingerprint density at radius 2 is 1.91 bits per heavy atom. The van der Waals surface area contributed by atoms with Gasteiger partial charge in [-0.1, -0.05) is 12.1 Å². The molecule has 3 heterocycles. The summed E-state index contributed by atoms with van der Waals surface area (Å²) in [5, 5.41) is 0. The van der Waals surface area contributed by atoms with Gasteiger partial charge in [0.2, 0.25) is 5.88 Å². The molecule has 0 aliphatic carbocycles. The topological polar surface area (TPSA) is 41.5 Å². The van der Waals surface area contributed by atoms with Crippen molar-refractivity contribution < 1.29 is 4.74 Å². The summed E-state index contributed by atoms with van der Waals surface area (Å²) in [7, 11) is 1.64. The Hall–Kier alpha value is -2.14. The van der Waals surface area contributed by atoms with Gasteiger partial charge in [0.1, 0.15) is 5.82 Å². The van der Waals surface area contributed by atoms with Gasteiger partial charge in [0, 0.05) is 51.2 Å². The van der Waals surface area contributed by atoms with E-state index in [0.29, 0.717) is 5.88 Å². The van der Waals surface area contributed by atoms with Gasteiger partial charge in [0.05, 0.1) is 7.11 Å². The number of methoxy groups -OCH3 is 1. The van der Waals surface area contributed by atoms with E-state index in [4.69, 9.17) is 4.74 Å². The number of hydrogen-bond acceptors (Lipinski definition) is 5. The van der Waals surface area contributed by atoms with E-state index in [1.54, 1.807) is 7.11 Å². The molecule has 2 aromatic heterocycles. The van der Waals surface area contributed by atoms with Gasteiger partial charge in [0.15, 0.2) is 0 Å². The molecule has 5 heteroatoms. The van der Waals surface area contributed by atoms with E-state index < -0.39 is 0 Å². The zero-order valence-electron chi connectivity index (χ0n) is 13.9. The fourth-order valence-corrected chi connectivity index (χ4v) is 2.89. The molecule has 1 fully saturated rings. The quantitative estimate of drug-likeness (QED) is 0.868. The molecule has 3 rings (SSSR count). The van der Waals surface area contributed by atoms with Crippen molar-refractivity contribution in [2.75, 3.05) is 38.2 Å². The highest BCUT2D eigenvalue weighted by Crippen LogP contribution is 2.16. The fourth-order valence-electron chi connectivity index (χ4n) is 2.89. The van der Waals surface area contributed by atoms with Crippen LogP contribution in [0.25, 0.3) is 0 Å². The monoisotopic (exact) mass is 312 g/mol. The first kappa shape index (κ1) is 15.7. The Bertz CT molecular complexity index is 612. The van der Waals surface area contributed by atoms with Crippen molar-refractivity contribution in [3.8, 4) is 5.88 Å². The third-order valence-corrected chi connectivity index (χ3v) is 4.22. The third kappa shape index (κ3) is 4.20. The first-order chi connectivity index (χ1) is 11.2. The molecule has 0 unspecified atom stereocenters. The molecule has 0 spiro atoms. The molecule has 1 saturated heterocycles. The van der Waals surface area contributed by atoms with Gasteiger partial charge in [-0.15, -0.1) is 0 Å². The van der Waals surface area contributed by atoms with Crippen molar-refractivity contribution in [3.05, 3.63) is 47.8 Å². The van der Waals surface area contributed by atoms with Gasteiger partial charge in [-0.3, -0.25) is 4.90 Å². The van der Waals surface area contributed by atoms with Crippen molar-refractivity contribution in [1.29, 1.82) is 0 Å². The SMILES string of the molecule is COc1ccc(CN2CCCN(c3ccc(C)cn3)CC2)cn1. The molecule has 0 aromatic carbocycles. The number of aromatic nitrogens is 2. The van der Waals surface area contributed by atoms with E-state index in [1.807, 2.05) is 18.5 Å². The maximum absolute atomic E-state index is 5.11. The number of nitrogens with zero attached hydrogens (tertiary/aromatic N) is 4. The van der Waals surface area contributed by atoms with E-state index in [-0.39, 0.29) is 0 Å². The van der Waals surface area contributed by atoms with Gasteiger partial charge < -0.3 is 9.64 Å². The highest BCUT2D eigenvalue weighted by Gasteiger charge is 2.16. The normalized spacial score (nSPS) is 16.2. The van der Waals surface area contributed by atoms with Gasteiger partial charge in [-0.2, -0.15) is 0 Å². The highest BCUT2D eigenvalue weighted by atomic mass is 16.5. The van der Waals surface area contributed by atoms with Crippen LogP contribution in [0.5, 0.6) is 5.88 Å². The molecular weight excluding hydrogens is 288 g/mol. The van der Waals surface area contributed by atoms with Crippen LogP contribution in [0.1, 0.15) is 17.5 Å². The number of rotatable bonds is 4. The second-order valence-electron chi connectivity index (χ2n) is 6.02. The van der Waals surface area contributed by atoms with Crippen LogP contribution in [0.15, 0.2) is 36.7 Å². The highest BCUT2D eigenvalue weighted by molar-refractivity contribution is 5.39. The molecule has 0 atom stereocenters. The van der Waals surface area contributed by atoms with Crippen LogP contribution in [0, 0.1) is 6.92 Å². The van der Waals surface area contributed by atoms with Crippen molar-refractivity contribution in [1.82, 2.24) is 14.9 Å². The van der Waals surface area contributed by atoms with Gasteiger partial charge in [0.25, 0.3) is 0 Å². The minimum absolute atomic E-state index is 0.668. The summed E-state index contributed by atoms with van der Waals surface area (Å²) >= 11 is 0. The maximum atomic E-state index is 5.11. The van der Waals surface area contributed by atoms with E-state index in [2.05, 4.69) is 44.9 Å². The van der Waals surface area contributed by atoms with E-state index in [9.17, 15) is 0 Å². The summed E-state index contributed by atoms with van der Waals surface area (Å²) in [5.74, 6) is 1.75. The standard InChI is InChI=1S/C18H24N4O/c1-15-4-6-17(19-12-15)22-9-3-8-21(10-11-22)14-16-5-7-18(23-2)20-13-16/h4-7,12-13H,3,8-11,14H2,1-2H3. The van der Waals surface area contributed by atoms with Crippen LogP contribution in [0.3, 0.4) is 0 Å².